The molecule has 0 aromatic heterocycles. The van der Waals surface area contributed by atoms with E-state index in [1.165, 1.54) is 18.0 Å². The first-order chi connectivity index (χ1) is 12.1. The number of amides is 2. The second kappa shape index (κ2) is 7.78. The minimum atomic E-state index is -4.63. The van der Waals surface area contributed by atoms with Gasteiger partial charge in [0.25, 0.3) is 5.91 Å². The van der Waals surface area contributed by atoms with Gasteiger partial charge < -0.3 is 10.2 Å². The molecule has 2 rings (SSSR count). The second-order valence-electron chi connectivity index (χ2n) is 5.72. The number of anilines is 1. The summed E-state index contributed by atoms with van der Waals surface area (Å²) in [6, 6.07) is 9.98. The van der Waals surface area contributed by atoms with Crippen molar-refractivity contribution in [2.45, 2.75) is 13.1 Å². The summed E-state index contributed by atoms with van der Waals surface area (Å²) >= 11 is 5.54. The number of alkyl halides is 3. The van der Waals surface area contributed by atoms with Gasteiger partial charge in [0.2, 0.25) is 5.91 Å². The van der Waals surface area contributed by atoms with E-state index in [-0.39, 0.29) is 18.1 Å². The number of nitrogens with one attached hydrogen (secondary N) is 1. The molecule has 0 aliphatic carbocycles. The van der Waals surface area contributed by atoms with E-state index in [0.29, 0.717) is 5.56 Å². The fourth-order valence-corrected chi connectivity index (χ4v) is 2.55. The standard InChI is InChI=1S/C18H16ClF3N2O2/c1-11-5-3-4-6-13(11)17(26)24(2)10-16(25)23-12-7-8-15(19)14(9-12)18(20,21)22/h3-9H,10H2,1-2H3,(H,23,25). The molecule has 4 nitrogen and oxygen atoms in total. The van der Waals surface area contributed by atoms with Crippen LogP contribution in [0.3, 0.4) is 0 Å². The first kappa shape index (κ1) is 19.8. The van der Waals surface area contributed by atoms with Crippen LogP contribution in [0.1, 0.15) is 21.5 Å². The van der Waals surface area contributed by atoms with Gasteiger partial charge in [-0.1, -0.05) is 29.8 Å². The highest BCUT2D eigenvalue weighted by molar-refractivity contribution is 6.31. The molecule has 0 fully saturated rings. The Balaban J connectivity index is 2.07. The van der Waals surface area contributed by atoms with E-state index < -0.39 is 22.7 Å². The lowest BCUT2D eigenvalue weighted by Crippen LogP contribution is -2.35. The van der Waals surface area contributed by atoms with Gasteiger partial charge in [-0.05, 0) is 36.8 Å². The summed E-state index contributed by atoms with van der Waals surface area (Å²) in [5.41, 5.74) is 0.121. The number of rotatable bonds is 4. The lowest BCUT2D eigenvalue weighted by Gasteiger charge is -2.18. The Morgan fingerprint density at radius 1 is 1.15 bits per heavy atom. The Bertz CT molecular complexity index is 837. The van der Waals surface area contributed by atoms with E-state index in [1.54, 1.807) is 31.2 Å². The number of benzene rings is 2. The largest absolute Gasteiger partial charge is 0.417 e. The van der Waals surface area contributed by atoms with Gasteiger partial charge in [0.15, 0.2) is 0 Å². The van der Waals surface area contributed by atoms with Crippen molar-refractivity contribution in [2.75, 3.05) is 18.9 Å². The molecule has 2 aromatic rings. The third-order valence-corrected chi connectivity index (χ3v) is 3.99. The Morgan fingerprint density at radius 3 is 2.42 bits per heavy atom. The van der Waals surface area contributed by atoms with Gasteiger partial charge in [0.1, 0.15) is 0 Å². The monoisotopic (exact) mass is 384 g/mol. The lowest BCUT2D eigenvalue weighted by molar-refractivity contribution is -0.137. The van der Waals surface area contributed by atoms with Crippen LogP contribution in [0.15, 0.2) is 42.5 Å². The zero-order valence-corrected chi connectivity index (χ0v) is 14.8. The molecule has 2 aromatic carbocycles. The van der Waals surface area contributed by atoms with Gasteiger partial charge in [-0.2, -0.15) is 13.2 Å². The van der Waals surface area contributed by atoms with Crippen LogP contribution in [-0.2, 0) is 11.0 Å². The molecule has 2 amide bonds. The van der Waals surface area contributed by atoms with Crippen molar-refractivity contribution in [3.63, 3.8) is 0 Å². The topological polar surface area (TPSA) is 49.4 Å². The number of halogens is 4. The molecule has 0 spiro atoms. The molecule has 0 aliphatic heterocycles. The lowest BCUT2D eigenvalue weighted by atomic mass is 10.1. The SMILES string of the molecule is Cc1ccccc1C(=O)N(C)CC(=O)Nc1ccc(Cl)c(C(F)(F)F)c1. The Kier molecular flexibility index (Phi) is 5.92. The fraction of sp³-hybridized carbons (Fsp3) is 0.222. The van der Waals surface area contributed by atoms with Crippen molar-refractivity contribution in [3.05, 3.63) is 64.2 Å². The van der Waals surface area contributed by atoms with E-state index in [9.17, 15) is 22.8 Å². The van der Waals surface area contributed by atoms with Crippen LogP contribution in [-0.4, -0.2) is 30.3 Å². The van der Waals surface area contributed by atoms with Crippen molar-refractivity contribution in [3.8, 4) is 0 Å². The summed E-state index contributed by atoms with van der Waals surface area (Å²) in [5.74, 6) is -0.977. The third kappa shape index (κ3) is 4.76. The van der Waals surface area contributed by atoms with E-state index in [4.69, 9.17) is 11.6 Å². The number of carbonyl (C=O) groups is 2. The molecule has 0 saturated carbocycles. The van der Waals surface area contributed by atoms with E-state index in [2.05, 4.69) is 5.32 Å². The number of hydrogen-bond donors (Lipinski definition) is 1. The molecular formula is C18H16ClF3N2O2. The summed E-state index contributed by atoms with van der Waals surface area (Å²) in [6.07, 6.45) is -4.63. The summed E-state index contributed by atoms with van der Waals surface area (Å²) < 4.78 is 38.6. The molecule has 0 aliphatic rings. The highest BCUT2D eigenvalue weighted by Crippen LogP contribution is 2.36. The van der Waals surface area contributed by atoms with Crippen molar-refractivity contribution < 1.29 is 22.8 Å². The number of likely N-dealkylation sites (N-methyl/N-ethyl adjacent to an activating group) is 1. The average molecular weight is 385 g/mol. The Labute approximate surface area is 153 Å². The maximum absolute atomic E-state index is 12.9. The zero-order chi connectivity index (χ0) is 19.5. The molecule has 138 valence electrons. The molecule has 26 heavy (non-hydrogen) atoms. The normalized spacial score (nSPS) is 11.2. The second-order valence-corrected chi connectivity index (χ2v) is 6.12. The maximum atomic E-state index is 12.9. The van der Waals surface area contributed by atoms with Gasteiger partial charge in [-0.3, -0.25) is 9.59 Å². The summed E-state index contributed by atoms with van der Waals surface area (Å²) in [4.78, 5) is 25.6. The van der Waals surface area contributed by atoms with E-state index in [0.717, 1.165) is 17.7 Å². The van der Waals surface area contributed by atoms with Crippen LogP contribution >= 0.6 is 11.6 Å². The summed E-state index contributed by atoms with van der Waals surface area (Å²) in [6.45, 7) is 1.46. The number of hydrogen-bond acceptors (Lipinski definition) is 2. The molecule has 0 saturated heterocycles. The van der Waals surface area contributed by atoms with Crippen LogP contribution in [0.4, 0.5) is 18.9 Å². The molecule has 8 heteroatoms. The number of aryl methyl sites for hydroxylation is 1. The zero-order valence-electron chi connectivity index (χ0n) is 14.0. The van der Waals surface area contributed by atoms with Gasteiger partial charge in [-0.25, -0.2) is 0 Å². The fourth-order valence-electron chi connectivity index (χ4n) is 2.33. The van der Waals surface area contributed by atoms with Crippen LogP contribution in [0, 0.1) is 6.92 Å². The molecule has 1 N–H and O–H groups in total. The molecule has 0 heterocycles. The molecule has 0 radical (unpaired) electrons. The van der Waals surface area contributed by atoms with Gasteiger partial charge >= 0.3 is 6.18 Å². The highest BCUT2D eigenvalue weighted by Gasteiger charge is 2.33. The highest BCUT2D eigenvalue weighted by atomic mass is 35.5. The number of carbonyl (C=O) groups excluding carboxylic acids is 2. The Hall–Kier alpha value is -2.54. The smallest absolute Gasteiger partial charge is 0.332 e. The molecule has 0 atom stereocenters. The average Bonchev–Trinajstić information content (AvgIpc) is 2.55. The van der Waals surface area contributed by atoms with E-state index >= 15 is 0 Å². The van der Waals surface area contributed by atoms with Gasteiger partial charge in [0, 0.05) is 18.3 Å². The first-order valence-electron chi connectivity index (χ1n) is 7.57. The summed E-state index contributed by atoms with van der Waals surface area (Å²) in [7, 11) is 1.44. The first-order valence-corrected chi connectivity index (χ1v) is 7.95. The maximum Gasteiger partial charge on any atom is 0.417 e. The minimum Gasteiger partial charge on any atom is -0.332 e. The quantitative estimate of drug-likeness (QED) is 0.850. The van der Waals surface area contributed by atoms with Gasteiger partial charge in [0.05, 0.1) is 17.1 Å². The van der Waals surface area contributed by atoms with Crippen LogP contribution in [0.5, 0.6) is 0 Å². The summed E-state index contributed by atoms with van der Waals surface area (Å²) in [5, 5.41) is 1.89. The van der Waals surface area contributed by atoms with Crippen molar-refractivity contribution >= 4 is 29.1 Å². The van der Waals surface area contributed by atoms with Gasteiger partial charge in [-0.15, -0.1) is 0 Å². The Morgan fingerprint density at radius 2 is 1.81 bits per heavy atom. The van der Waals surface area contributed by atoms with Crippen LogP contribution in [0.2, 0.25) is 5.02 Å². The number of nitrogens with zero attached hydrogens (tertiary/aromatic N) is 1. The van der Waals surface area contributed by atoms with Crippen molar-refractivity contribution in [1.29, 1.82) is 0 Å². The third-order valence-electron chi connectivity index (χ3n) is 3.66. The van der Waals surface area contributed by atoms with Crippen LogP contribution < -0.4 is 5.32 Å². The van der Waals surface area contributed by atoms with Crippen LogP contribution in [0.25, 0.3) is 0 Å². The van der Waals surface area contributed by atoms with Crippen molar-refractivity contribution in [2.24, 2.45) is 0 Å². The molecule has 0 unspecified atom stereocenters. The molecule has 0 bridgehead atoms. The predicted molar refractivity (Wildman–Crippen MR) is 93.2 cm³/mol. The minimum absolute atomic E-state index is 0.0523. The molecular weight excluding hydrogens is 369 g/mol. The van der Waals surface area contributed by atoms with E-state index in [1.807, 2.05) is 0 Å². The predicted octanol–water partition coefficient (Wildman–Crippen LogP) is 4.38. The van der Waals surface area contributed by atoms with Crippen molar-refractivity contribution in [1.82, 2.24) is 4.90 Å².